The van der Waals surface area contributed by atoms with Gasteiger partial charge in [0.15, 0.2) is 31.5 Å². The fourth-order valence-corrected chi connectivity index (χ4v) is 10.3. The molecule has 0 aromatic carbocycles. The van der Waals surface area contributed by atoms with E-state index in [1.165, 1.54) is 6.92 Å². The highest BCUT2D eigenvalue weighted by molar-refractivity contribution is 5.77. The third kappa shape index (κ3) is 14.7. The minimum Gasteiger partial charge on any atom is -0.477 e. The first-order valence-corrected chi connectivity index (χ1v) is 25.6. The summed E-state index contributed by atoms with van der Waals surface area (Å²) in [5.41, 5.74) is 0. The summed E-state index contributed by atoms with van der Waals surface area (Å²) in [5.74, 6) is -7.89. The predicted octanol–water partition coefficient (Wildman–Crippen LogP) is -13.4. The fourth-order valence-electron chi connectivity index (χ4n) is 10.3. The number of hydrogen-bond acceptors (Lipinski definition) is 32. The first kappa shape index (κ1) is 66.9. The summed E-state index contributed by atoms with van der Waals surface area (Å²) < 4.78 is 64.1. The SMILES string of the molecule is CC(=O)N[C@H]1[C@H]([C@H](O)[C@H](O)CO)OC(O[C@H]2[C@@H](O)[C@@H](CO)OC(O[C@H]3[C@H](OC4O[C@@H](C)[C@@H](O)[C@@H](O)[C@@H]4O)[C@@H](NC(C)=O)C(OC[C@H]4OC(O)[C@H](NC(C)=O)[C@@H](OC5O[C@H](CO)[C@H](O)[C@H](O)[C@H]5O)[C@H]4O)O[C@@H]3CO)[C@@H]2O)(C(=O)O)C[C@@H]1O. The van der Waals surface area contributed by atoms with Gasteiger partial charge >= 0.3 is 5.97 Å². The van der Waals surface area contributed by atoms with Gasteiger partial charge in [0, 0.05) is 27.2 Å². The molecule has 36 heteroatoms. The number of aliphatic carboxylic acids is 1. The number of ether oxygens (including phenoxy) is 11. The van der Waals surface area contributed by atoms with Crippen molar-refractivity contribution in [3.05, 3.63) is 0 Å². The van der Waals surface area contributed by atoms with Crippen LogP contribution in [-0.2, 0) is 71.3 Å². The molecule has 6 rings (SSSR count). The van der Waals surface area contributed by atoms with Gasteiger partial charge in [-0.05, 0) is 6.92 Å². The average molecular weight is 1190 g/mol. The van der Waals surface area contributed by atoms with Crippen LogP contribution < -0.4 is 16.0 Å². The Morgan fingerprint density at radius 2 is 1.01 bits per heavy atom. The van der Waals surface area contributed by atoms with Gasteiger partial charge in [0.25, 0.3) is 5.79 Å². The van der Waals surface area contributed by atoms with Crippen molar-refractivity contribution in [1.82, 2.24) is 16.0 Å². The van der Waals surface area contributed by atoms with Gasteiger partial charge in [-0.15, -0.1) is 0 Å². The van der Waals surface area contributed by atoms with Crippen LogP contribution in [0.1, 0.15) is 34.1 Å². The van der Waals surface area contributed by atoms with Crippen molar-refractivity contribution >= 4 is 23.7 Å². The van der Waals surface area contributed by atoms with Gasteiger partial charge < -0.3 is 160 Å². The van der Waals surface area contributed by atoms with E-state index in [9.17, 15) is 111 Å². The summed E-state index contributed by atoms with van der Waals surface area (Å²) in [5, 5.41) is 201. The van der Waals surface area contributed by atoms with Crippen LogP contribution in [0.4, 0.5) is 0 Å². The van der Waals surface area contributed by atoms with Gasteiger partial charge in [-0.2, -0.15) is 0 Å². The molecule has 0 bridgehead atoms. The van der Waals surface area contributed by atoms with Crippen molar-refractivity contribution in [3.8, 4) is 0 Å². The van der Waals surface area contributed by atoms with Crippen molar-refractivity contribution in [2.24, 2.45) is 0 Å². The van der Waals surface area contributed by atoms with Gasteiger partial charge in [-0.1, -0.05) is 0 Å². The first-order chi connectivity index (χ1) is 38.0. The fraction of sp³-hybridized carbons (Fsp3) is 0.911. The number of carbonyl (C=O) groups excluding carboxylic acids is 3. The van der Waals surface area contributed by atoms with E-state index in [0.717, 1.165) is 20.8 Å². The lowest BCUT2D eigenvalue weighted by molar-refractivity contribution is -0.392. The number of carboxylic acid groups (broad SMARTS) is 1. The third-order valence-electron chi connectivity index (χ3n) is 14.5. The molecule has 6 heterocycles. The predicted molar refractivity (Wildman–Crippen MR) is 250 cm³/mol. The zero-order valence-corrected chi connectivity index (χ0v) is 43.7. The molecule has 468 valence electrons. The van der Waals surface area contributed by atoms with Crippen LogP contribution in [0.2, 0.25) is 0 Å². The number of aliphatic hydroxyl groups excluding tert-OH is 17. The summed E-state index contributed by atoms with van der Waals surface area (Å²) in [4.78, 5) is 50.7. The smallest absolute Gasteiger partial charge is 0.364 e. The molecule has 0 spiro atoms. The van der Waals surface area contributed by atoms with Gasteiger partial charge in [0.05, 0.1) is 51.3 Å². The highest BCUT2D eigenvalue weighted by Crippen LogP contribution is 2.40. The molecule has 6 unspecified atom stereocenters. The lowest BCUT2D eigenvalue weighted by atomic mass is 9.88. The van der Waals surface area contributed by atoms with E-state index in [-0.39, 0.29) is 0 Å². The van der Waals surface area contributed by atoms with E-state index in [2.05, 4.69) is 16.0 Å². The number of carboxylic acids is 1. The Balaban J connectivity index is 1.34. The van der Waals surface area contributed by atoms with E-state index < -0.39 is 253 Å². The molecule has 0 aliphatic carbocycles. The van der Waals surface area contributed by atoms with Crippen LogP contribution in [-0.4, -0.2) is 338 Å². The maximum Gasteiger partial charge on any atom is 0.364 e. The highest BCUT2D eigenvalue weighted by atomic mass is 16.8. The lowest BCUT2D eigenvalue weighted by Crippen LogP contribution is -2.71. The molecule has 0 aromatic heterocycles. The van der Waals surface area contributed by atoms with Gasteiger partial charge in [0.2, 0.25) is 17.7 Å². The summed E-state index contributed by atoms with van der Waals surface area (Å²) in [7, 11) is 0. The molecule has 36 nitrogen and oxygen atoms in total. The van der Waals surface area contributed by atoms with Gasteiger partial charge in [-0.25, -0.2) is 4.79 Å². The Labute approximate surface area is 459 Å². The Morgan fingerprint density at radius 3 is 1.57 bits per heavy atom. The molecule has 6 fully saturated rings. The Kier molecular flexibility index (Phi) is 23.4. The zero-order chi connectivity index (χ0) is 60.3. The largest absolute Gasteiger partial charge is 0.477 e. The molecule has 81 heavy (non-hydrogen) atoms. The summed E-state index contributed by atoms with van der Waals surface area (Å²) >= 11 is 0. The second-order valence-corrected chi connectivity index (χ2v) is 20.4. The number of nitrogens with one attached hydrogen (secondary N) is 3. The Morgan fingerprint density at radius 1 is 0.531 bits per heavy atom. The minimum absolute atomic E-state index is 0.801. The standard InChI is InChI=1S/C45H75N3O33/c1-11-24(58)29(63)31(65)41(72-11)79-37-23(48-14(4)55)40(71-10-20-28(62)35(22(39(68)73-20)47-13(3)54)78-42-32(66)30(64)26(60)17(7-50)74-42)76-19(9-52)34(37)77-43-33(67)38(27(61)18(8-51)75-43)81-45(44(69)70)5-15(56)21(46-12(2)53)36(80-45)25(59)16(57)6-49/h11,15-43,49-52,56-68H,5-10H2,1-4H3,(H,46,53)(H,47,54)(H,48,55)(H,69,70)/t11-,15-,16+,17+,18+,19+,20+,21+,22+,23+,24+,25+,26-,27-,28-,29+,30-,31-,32+,33+,34+,35+,36+,37+,38-,39?,40?,41?,42?,43?,45?/m0/s1. The van der Waals surface area contributed by atoms with Gasteiger partial charge in [-0.3, -0.25) is 14.4 Å². The monoisotopic (exact) mass is 1190 g/mol. The molecule has 6 saturated heterocycles. The van der Waals surface area contributed by atoms with Crippen LogP contribution in [0.25, 0.3) is 0 Å². The van der Waals surface area contributed by atoms with Crippen molar-refractivity contribution in [2.75, 3.05) is 33.0 Å². The van der Waals surface area contributed by atoms with Crippen molar-refractivity contribution in [3.63, 3.8) is 0 Å². The highest BCUT2D eigenvalue weighted by Gasteiger charge is 2.61. The molecular weight excluding hydrogens is 1110 g/mol. The number of amides is 3. The molecular formula is C45H75N3O33. The molecule has 6 aliphatic rings. The summed E-state index contributed by atoms with van der Waals surface area (Å²) in [6.45, 7) is -1.04. The van der Waals surface area contributed by atoms with Crippen LogP contribution in [0.5, 0.6) is 0 Å². The van der Waals surface area contributed by atoms with E-state index in [1.807, 2.05) is 0 Å². The summed E-state index contributed by atoms with van der Waals surface area (Å²) in [6.07, 6.45) is -55.0. The second-order valence-electron chi connectivity index (χ2n) is 20.4. The maximum atomic E-state index is 13.2. The lowest BCUT2D eigenvalue weighted by Gasteiger charge is -2.52. The Hall–Kier alpha value is -3.24. The zero-order valence-electron chi connectivity index (χ0n) is 43.7. The van der Waals surface area contributed by atoms with Gasteiger partial charge in [0.1, 0.15) is 134 Å². The Bertz CT molecular complexity index is 2070. The van der Waals surface area contributed by atoms with Crippen molar-refractivity contribution in [2.45, 2.75) is 224 Å². The molecule has 3 amide bonds. The third-order valence-corrected chi connectivity index (χ3v) is 14.5. The number of carbonyl (C=O) groups is 4. The molecule has 21 N–H and O–H groups in total. The number of rotatable bonds is 21. The molecule has 6 aliphatic heterocycles. The van der Waals surface area contributed by atoms with E-state index in [1.54, 1.807) is 0 Å². The maximum absolute atomic E-state index is 13.2. The number of aliphatic hydroxyl groups is 17. The molecule has 31 atom stereocenters. The molecule has 0 radical (unpaired) electrons. The van der Waals surface area contributed by atoms with E-state index in [4.69, 9.17) is 52.1 Å². The van der Waals surface area contributed by atoms with Crippen molar-refractivity contribution < 1.29 is 163 Å². The van der Waals surface area contributed by atoms with E-state index >= 15 is 0 Å². The van der Waals surface area contributed by atoms with Crippen LogP contribution in [0.3, 0.4) is 0 Å². The van der Waals surface area contributed by atoms with Crippen LogP contribution in [0.15, 0.2) is 0 Å². The van der Waals surface area contributed by atoms with Crippen LogP contribution in [0, 0.1) is 0 Å². The minimum atomic E-state index is -3.24. The first-order valence-electron chi connectivity index (χ1n) is 25.6. The quantitative estimate of drug-likeness (QED) is 0.0507. The molecule has 0 saturated carbocycles. The molecule has 0 aromatic rings. The van der Waals surface area contributed by atoms with Crippen LogP contribution >= 0.6 is 0 Å². The normalized spacial score (nSPS) is 46.7. The topological polar surface area (TPSA) is 570 Å². The average Bonchev–Trinajstić information content (AvgIpc) is 3.58. The van der Waals surface area contributed by atoms with E-state index in [0.29, 0.717) is 0 Å². The van der Waals surface area contributed by atoms with Crippen molar-refractivity contribution in [1.29, 1.82) is 0 Å². The second kappa shape index (κ2) is 28.3. The summed E-state index contributed by atoms with van der Waals surface area (Å²) in [6, 6.07) is -5.19. The number of hydrogen-bond donors (Lipinski definition) is 21.